The summed E-state index contributed by atoms with van der Waals surface area (Å²) in [4.78, 5) is 0. The van der Waals surface area contributed by atoms with Gasteiger partial charge in [0.1, 0.15) is 5.69 Å². The number of hydrogen-bond donors (Lipinski definition) is 1. The first-order chi connectivity index (χ1) is 7.67. The van der Waals surface area contributed by atoms with E-state index in [1.54, 1.807) is 0 Å². The minimum atomic E-state index is 0.622. The zero-order valence-corrected chi connectivity index (χ0v) is 10.5. The van der Waals surface area contributed by atoms with E-state index in [4.69, 9.17) is 12.2 Å². The highest BCUT2D eigenvalue weighted by Crippen LogP contribution is 2.18. The molecule has 0 atom stereocenters. The van der Waals surface area contributed by atoms with E-state index in [1.165, 1.54) is 0 Å². The molecule has 86 valence electrons. The number of nitrogens with one attached hydrogen (secondary N) is 1. The molecule has 2 heterocycles. The van der Waals surface area contributed by atoms with Crippen LogP contribution in [0, 0.1) is 4.77 Å². The van der Waals surface area contributed by atoms with E-state index >= 15 is 0 Å². The number of rotatable bonds is 3. The van der Waals surface area contributed by atoms with Gasteiger partial charge in [0.15, 0.2) is 10.6 Å². The fourth-order valence-corrected chi connectivity index (χ4v) is 1.77. The average Bonchev–Trinajstić information content (AvgIpc) is 2.84. The Bertz CT molecular complexity index is 548. The molecule has 6 heteroatoms. The van der Waals surface area contributed by atoms with E-state index in [2.05, 4.69) is 35.2 Å². The fraction of sp³-hybridized carbons (Fsp3) is 0.500. The molecule has 0 aromatic carbocycles. The van der Waals surface area contributed by atoms with Gasteiger partial charge in [0.05, 0.1) is 5.69 Å². The molecule has 1 N–H and O–H groups in total. The van der Waals surface area contributed by atoms with Gasteiger partial charge in [-0.2, -0.15) is 10.2 Å². The van der Waals surface area contributed by atoms with E-state index in [0.717, 1.165) is 30.2 Å². The lowest BCUT2D eigenvalue weighted by atomic mass is 10.3. The topological polar surface area (TPSA) is 51.4 Å². The van der Waals surface area contributed by atoms with E-state index in [-0.39, 0.29) is 0 Å². The van der Waals surface area contributed by atoms with Gasteiger partial charge in [-0.05, 0) is 31.6 Å². The fourth-order valence-electron chi connectivity index (χ4n) is 1.64. The van der Waals surface area contributed by atoms with Gasteiger partial charge in [-0.15, -0.1) is 0 Å². The maximum absolute atomic E-state index is 5.10. The highest BCUT2D eigenvalue weighted by molar-refractivity contribution is 7.71. The summed E-state index contributed by atoms with van der Waals surface area (Å²) in [6.07, 6.45) is 0.925. The standard InChI is InChI=1S/C10H15N5S/c1-4-7-6-8(15(5-2)13-7)9-11-12-10(16)14(9)3/h6H,4-5H2,1-3H3,(H,12,16). The van der Waals surface area contributed by atoms with Crippen LogP contribution in [0.4, 0.5) is 0 Å². The molecule has 2 aromatic heterocycles. The Morgan fingerprint density at radius 2 is 2.19 bits per heavy atom. The highest BCUT2D eigenvalue weighted by Gasteiger charge is 2.12. The van der Waals surface area contributed by atoms with Crippen LogP contribution in [0.1, 0.15) is 19.5 Å². The smallest absolute Gasteiger partial charge is 0.195 e. The largest absolute Gasteiger partial charge is 0.302 e. The molecule has 0 saturated carbocycles. The van der Waals surface area contributed by atoms with Crippen LogP contribution in [0.25, 0.3) is 11.5 Å². The van der Waals surface area contributed by atoms with Crippen molar-refractivity contribution in [3.05, 3.63) is 16.5 Å². The second-order valence-corrected chi connectivity index (χ2v) is 3.99. The van der Waals surface area contributed by atoms with Crippen LogP contribution in [0.2, 0.25) is 0 Å². The predicted molar refractivity (Wildman–Crippen MR) is 64.7 cm³/mol. The van der Waals surface area contributed by atoms with Crippen LogP contribution < -0.4 is 0 Å². The van der Waals surface area contributed by atoms with Crippen LogP contribution in [-0.4, -0.2) is 24.5 Å². The third-order valence-corrected chi connectivity index (χ3v) is 2.97. The minimum absolute atomic E-state index is 0.622. The zero-order chi connectivity index (χ0) is 11.7. The lowest BCUT2D eigenvalue weighted by molar-refractivity contribution is 0.649. The first-order valence-corrected chi connectivity index (χ1v) is 5.76. The number of aryl methyl sites for hydroxylation is 2. The normalized spacial score (nSPS) is 10.9. The van der Waals surface area contributed by atoms with E-state index in [1.807, 2.05) is 16.3 Å². The Morgan fingerprint density at radius 3 is 2.69 bits per heavy atom. The summed E-state index contributed by atoms with van der Waals surface area (Å²) in [5.74, 6) is 0.832. The summed E-state index contributed by atoms with van der Waals surface area (Å²) < 4.78 is 4.43. The lowest BCUT2D eigenvalue weighted by Gasteiger charge is -2.02. The van der Waals surface area contributed by atoms with Crippen molar-refractivity contribution in [2.45, 2.75) is 26.8 Å². The Kier molecular flexibility index (Phi) is 2.91. The maximum atomic E-state index is 5.10. The van der Waals surface area contributed by atoms with Crippen molar-refractivity contribution in [2.75, 3.05) is 0 Å². The van der Waals surface area contributed by atoms with Gasteiger partial charge in [0.25, 0.3) is 0 Å². The molecule has 0 unspecified atom stereocenters. The number of nitrogens with zero attached hydrogens (tertiary/aromatic N) is 4. The number of aromatic nitrogens is 5. The Labute approximate surface area is 99.1 Å². The zero-order valence-electron chi connectivity index (χ0n) is 9.69. The predicted octanol–water partition coefficient (Wildman–Crippen LogP) is 1.92. The van der Waals surface area contributed by atoms with Gasteiger partial charge >= 0.3 is 0 Å². The van der Waals surface area contributed by atoms with Crippen molar-refractivity contribution in [3.8, 4) is 11.5 Å². The van der Waals surface area contributed by atoms with Crippen molar-refractivity contribution in [2.24, 2.45) is 7.05 Å². The summed E-state index contributed by atoms with van der Waals surface area (Å²) in [7, 11) is 1.90. The monoisotopic (exact) mass is 237 g/mol. The molecule has 0 bridgehead atoms. The van der Waals surface area contributed by atoms with Gasteiger partial charge in [0, 0.05) is 13.6 Å². The molecule has 2 rings (SSSR count). The van der Waals surface area contributed by atoms with Crippen molar-refractivity contribution in [1.29, 1.82) is 0 Å². The first kappa shape index (κ1) is 11.1. The Morgan fingerprint density at radius 1 is 1.44 bits per heavy atom. The summed E-state index contributed by atoms with van der Waals surface area (Å²) in [6.45, 7) is 4.99. The molecule has 0 saturated heterocycles. The molecule has 5 nitrogen and oxygen atoms in total. The molecule has 2 aromatic rings. The quantitative estimate of drug-likeness (QED) is 0.830. The van der Waals surface area contributed by atoms with Gasteiger partial charge in [-0.1, -0.05) is 6.92 Å². The van der Waals surface area contributed by atoms with Crippen LogP contribution >= 0.6 is 12.2 Å². The van der Waals surface area contributed by atoms with Crippen LogP contribution in [0.3, 0.4) is 0 Å². The van der Waals surface area contributed by atoms with Crippen LogP contribution in [0.5, 0.6) is 0 Å². The molecule has 0 fully saturated rings. The van der Waals surface area contributed by atoms with Gasteiger partial charge in [0.2, 0.25) is 0 Å². The third kappa shape index (κ3) is 1.69. The molecule has 0 aliphatic carbocycles. The molecule has 0 aliphatic rings. The molecule has 16 heavy (non-hydrogen) atoms. The van der Waals surface area contributed by atoms with Gasteiger partial charge in [-0.25, -0.2) is 0 Å². The summed E-state index contributed by atoms with van der Waals surface area (Å²) in [5.41, 5.74) is 2.08. The lowest BCUT2D eigenvalue weighted by Crippen LogP contribution is -2.03. The maximum Gasteiger partial charge on any atom is 0.195 e. The van der Waals surface area contributed by atoms with Crippen molar-refractivity contribution >= 4 is 12.2 Å². The SMILES string of the molecule is CCc1cc(-c2n[nH]c(=S)n2C)n(CC)n1. The van der Waals surface area contributed by atoms with Crippen molar-refractivity contribution < 1.29 is 0 Å². The molecule has 0 spiro atoms. The summed E-state index contributed by atoms with van der Waals surface area (Å²) >= 11 is 5.10. The second kappa shape index (κ2) is 4.21. The Balaban J connectivity index is 2.58. The van der Waals surface area contributed by atoms with E-state index in [9.17, 15) is 0 Å². The van der Waals surface area contributed by atoms with Gasteiger partial charge in [-0.3, -0.25) is 9.78 Å². The highest BCUT2D eigenvalue weighted by atomic mass is 32.1. The summed E-state index contributed by atoms with van der Waals surface area (Å²) in [6, 6.07) is 2.06. The molecule has 0 radical (unpaired) electrons. The number of aromatic amines is 1. The molecular formula is C10H15N5S. The third-order valence-electron chi connectivity index (χ3n) is 2.60. The molecular weight excluding hydrogens is 222 g/mol. The van der Waals surface area contributed by atoms with Gasteiger partial charge < -0.3 is 4.57 Å². The van der Waals surface area contributed by atoms with Crippen LogP contribution in [-0.2, 0) is 20.0 Å². The second-order valence-electron chi connectivity index (χ2n) is 3.60. The average molecular weight is 237 g/mol. The van der Waals surface area contributed by atoms with Crippen molar-refractivity contribution in [3.63, 3.8) is 0 Å². The van der Waals surface area contributed by atoms with Crippen molar-refractivity contribution in [1.82, 2.24) is 24.5 Å². The molecule has 0 amide bonds. The van der Waals surface area contributed by atoms with E-state index in [0.29, 0.717) is 4.77 Å². The molecule has 0 aliphatic heterocycles. The Hall–Kier alpha value is -1.43. The first-order valence-electron chi connectivity index (χ1n) is 5.35. The van der Waals surface area contributed by atoms with Crippen LogP contribution in [0.15, 0.2) is 6.07 Å². The summed E-state index contributed by atoms with van der Waals surface area (Å²) in [5, 5.41) is 11.5. The number of hydrogen-bond acceptors (Lipinski definition) is 3. The number of H-pyrrole nitrogens is 1. The minimum Gasteiger partial charge on any atom is -0.302 e. The van der Waals surface area contributed by atoms with E-state index < -0.39 is 0 Å².